The van der Waals surface area contributed by atoms with Gasteiger partial charge in [-0.2, -0.15) is 5.10 Å². The topological polar surface area (TPSA) is 96.4 Å². The number of benzene rings is 1. The third-order valence-electron chi connectivity index (χ3n) is 3.26. The number of nitrogens with two attached hydrogens (primary N) is 1. The number of carbonyl (C=O) groups excluding carboxylic acids is 2. The zero-order chi connectivity index (χ0) is 16.7. The largest absolute Gasteiger partial charge is 0.447 e. The Labute approximate surface area is 134 Å². The van der Waals surface area contributed by atoms with E-state index in [1.807, 2.05) is 30.3 Å². The molecule has 0 bridgehead atoms. The Kier molecular flexibility index (Phi) is 5.87. The Morgan fingerprint density at radius 2 is 2.00 bits per heavy atom. The first kappa shape index (κ1) is 16.7. The summed E-state index contributed by atoms with van der Waals surface area (Å²) in [5.41, 5.74) is 6.46. The number of amides is 1. The molecule has 0 radical (unpaired) electrons. The molecule has 1 aromatic heterocycles. The van der Waals surface area contributed by atoms with Crippen molar-refractivity contribution < 1.29 is 19.1 Å². The van der Waals surface area contributed by atoms with Gasteiger partial charge < -0.3 is 15.2 Å². The molecule has 23 heavy (non-hydrogen) atoms. The number of methoxy groups -OCH3 is 1. The Hall–Kier alpha value is -2.67. The second kappa shape index (κ2) is 8.09. The summed E-state index contributed by atoms with van der Waals surface area (Å²) in [5.74, 6) is -1.33. The molecule has 0 fully saturated rings. The Morgan fingerprint density at radius 3 is 2.65 bits per heavy atom. The van der Waals surface area contributed by atoms with E-state index in [0.717, 1.165) is 5.56 Å². The van der Waals surface area contributed by atoms with Crippen LogP contribution in [0.5, 0.6) is 0 Å². The fourth-order valence-corrected chi connectivity index (χ4v) is 2.08. The van der Waals surface area contributed by atoms with Crippen LogP contribution < -0.4 is 5.73 Å². The highest BCUT2D eigenvalue weighted by atomic mass is 16.5. The summed E-state index contributed by atoms with van der Waals surface area (Å²) in [6.45, 7) is 0.819. The second-order valence-corrected chi connectivity index (χ2v) is 4.92. The first-order chi connectivity index (χ1) is 11.1. The number of rotatable bonds is 8. The van der Waals surface area contributed by atoms with Gasteiger partial charge in [-0.1, -0.05) is 30.3 Å². The molecular formula is C16H19N3O4. The predicted octanol–water partition coefficient (Wildman–Crippen LogP) is 0.783. The lowest BCUT2D eigenvalue weighted by Crippen LogP contribution is -2.35. The van der Waals surface area contributed by atoms with E-state index in [1.165, 1.54) is 16.9 Å². The van der Waals surface area contributed by atoms with E-state index in [4.69, 9.17) is 15.2 Å². The van der Waals surface area contributed by atoms with Gasteiger partial charge in [-0.05, 0) is 11.6 Å². The van der Waals surface area contributed by atoms with Gasteiger partial charge in [0.25, 0.3) is 5.91 Å². The smallest absolute Gasteiger partial charge is 0.357 e. The van der Waals surface area contributed by atoms with Gasteiger partial charge in [-0.25, -0.2) is 4.79 Å². The minimum atomic E-state index is -1.03. The lowest BCUT2D eigenvalue weighted by Gasteiger charge is -2.15. The van der Waals surface area contributed by atoms with Crippen LogP contribution in [-0.4, -0.2) is 41.5 Å². The number of esters is 1. The molecule has 7 heteroatoms. The fourth-order valence-electron chi connectivity index (χ4n) is 2.08. The van der Waals surface area contributed by atoms with Crippen molar-refractivity contribution in [3.05, 3.63) is 53.9 Å². The summed E-state index contributed by atoms with van der Waals surface area (Å²) in [6.07, 6.45) is 0.687. The van der Waals surface area contributed by atoms with Crippen LogP contribution in [0.2, 0.25) is 0 Å². The summed E-state index contributed by atoms with van der Waals surface area (Å²) in [5, 5.41) is 4.03. The number of primary amides is 1. The van der Waals surface area contributed by atoms with Crippen molar-refractivity contribution in [2.75, 3.05) is 13.7 Å². The van der Waals surface area contributed by atoms with Crippen LogP contribution in [0.1, 0.15) is 16.1 Å². The second-order valence-electron chi connectivity index (χ2n) is 4.92. The average Bonchev–Trinajstić information content (AvgIpc) is 3.01. The summed E-state index contributed by atoms with van der Waals surface area (Å²) in [6, 6.07) is 10.8. The highest BCUT2D eigenvalue weighted by molar-refractivity contribution is 5.90. The molecule has 2 N–H and O–H groups in total. The molecule has 2 aromatic rings. The van der Waals surface area contributed by atoms with Gasteiger partial charge in [-0.15, -0.1) is 0 Å². The van der Waals surface area contributed by atoms with Crippen molar-refractivity contribution in [3.8, 4) is 0 Å². The van der Waals surface area contributed by atoms with E-state index >= 15 is 0 Å². The SMILES string of the molecule is COCCn1nccc1C(=O)OC(Cc1ccccc1)C(N)=O. The molecular weight excluding hydrogens is 298 g/mol. The summed E-state index contributed by atoms with van der Waals surface area (Å²) in [7, 11) is 1.56. The van der Waals surface area contributed by atoms with Crippen LogP contribution in [0.4, 0.5) is 0 Å². The van der Waals surface area contributed by atoms with E-state index in [1.54, 1.807) is 7.11 Å². The minimum Gasteiger partial charge on any atom is -0.447 e. The Balaban J connectivity index is 2.06. The summed E-state index contributed by atoms with van der Waals surface area (Å²) >= 11 is 0. The van der Waals surface area contributed by atoms with Crippen molar-refractivity contribution in [1.29, 1.82) is 0 Å². The van der Waals surface area contributed by atoms with Crippen LogP contribution in [0, 0.1) is 0 Å². The molecule has 1 atom stereocenters. The highest BCUT2D eigenvalue weighted by Gasteiger charge is 2.23. The first-order valence-electron chi connectivity index (χ1n) is 7.16. The molecule has 0 aliphatic carbocycles. The van der Waals surface area contributed by atoms with Gasteiger partial charge in [0.05, 0.1) is 13.2 Å². The zero-order valence-corrected chi connectivity index (χ0v) is 12.8. The molecule has 0 aliphatic rings. The molecule has 0 spiro atoms. The molecule has 1 heterocycles. The molecule has 2 rings (SSSR count). The van der Waals surface area contributed by atoms with E-state index in [-0.39, 0.29) is 12.1 Å². The molecule has 7 nitrogen and oxygen atoms in total. The summed E-state index contributed by atoms with van der Waals surface area (Å²) in [4.78, 5) is 23.8. The Morgan fingerprint density at radius 1 is 1.26 bits per heavy atom. The highest BCUT2D eigenvalue weighted by Crippen LogP contribution is 2.10. The number of hydrogen-bond donors (Lipinski definition) is 1. The lowest BCUT2D eigenvalue weighted by molar-refractivity contribution is -0.126. The third-order valence-corrected chi connectivity index (χ3v) is 3.26. The van der Waals surface area contributed by atoms with Gasteiger partial charge in [0.15, 0.2) is 6.10 Å². The molecule has 1 aromatic carbocycles. The molecule has 1 unspecified atom stereocenters. The fraction of sp³-hybridized carbons (Fsp3) is 0.312. The zero-order valence-electron chi connectivity index (χ0n) is 12.8. The van der Waals surface area contributed by atoms with Crippen LogP contribution in [0.25, 0.3) is 0 Å². The third kappa shape index (κ3) is 4.65. The van der Waals surface area contributed by atoms with Crippen molar-refractivity contribution in [3.63, 3.8) is 0 Å². The molecule has 0 aliphatic heterocycles. The maximum Gasteiger partial charge on any atom is 0.357 e. The van der Waals surface area contributed by atoms with Crippen molar-refractivity contribution in [1.82, 2.24) is 9.78 Å². The van der Waals surface area contributed by atoms with Gasteiger partial charge >= 0.3 is 5.97 Å². The number of hydrogen-bond acceptors (Lipinski definition) is 5. The number of carbonyl (C=O) groups is 2. The lowest BCUT2D eigenvalue weighted by atomic mass is 10.1. The van der Waals surface area contributed by atoms with E-state index in [0.29, 0.717) is 13.2 Å². The van der Waals surface area contributed by atoms with Gasteiger partial charge in [0.1, 0.15) is 5.69 Å². The molecule has 1 amide bonds. The van der Waals surface area contributed by atoms with Gasteiger partial charge in [-0.3, -0.25) is 9.48 Å². The quantitative estimate of drug-likeness (QED) is 0.726. The molecule has 0 saturated carbocycles. The van der Waals surface area contributed by atoms with E-state index in [2.05, 4.69) is 5.10 Å². The van der Waals surface area contributed by atoms with Crippen molar-refractivity contribution in [2.45, 2.75) is 19.1 Å². The standard InChI is InChI=1S/C16H19N3O4/c1-22-10-9-19-13(7-8-18-19)16(21)23-14(15(17)20)11-12-5-3-2-4-6-12/h2-8,14H,9-11H2,1H3,(H2,17,20). The van der Waals surface area contributed by atoms with Crippen molar-refractivity contribution >= 4 is 11.9 Å². The average molecular weight is 317 g/mol. The van der Waals surface area contributed by atoms with Gasteiger partial charge in [0, 0.05) is 19.7 Å². The van der Waals surface area contributed by atoms with Crippen LogP contribution in [0.3, 0.4) is 0 Å². The predicted molar refractivity (Wildman–Crippen MR) is 82.6 cm³/mol. The minimum absolute atomic E-state index is 0.230. The molecule has 0 saturated heterocycles. The van der Waals surface area contributed by atoms with Gasteiger partial charge in [0.2, 0.25) is 0 Å². The van der Waals surface area contributed by atoms with E-state index in [9.17, 15) is 9.59 Å². The number of nitrogens with zero attached hydrogens (tertiary/aromatic N) is 2. The number of ether oxygens (including phenoxy) is 2. The molecule has 122 valence electrons. The van der Waals surface area contributed by atoms with Crippen LogP contribution in [-0.2, 0) is 27.2 Å². The van der Waals surface area contributed by atoms with Crippen molar-refractivity contribution in [2.24, 2.45) is 5.73 Å². The van der Waals surface area contributed by atoms with Crippen LogP contribution in [0.15, 0.2) is 42.6 Å². The van der Waals surface area contributed by atoms with E-state index < -0.39 is 18.0 Å². The normalized spacial score (nSPS) is 11.9. The maximum absolute atomic E-state index is 12.3. The first-order valence-corrected chi connectivity index (χ1v) is 7.16. The summed E-state index contributed by atoms with van der Waals surface area (Å²) < 4.78 is 11.7. The van der Waals surface area contributed by atoms with Crippen LogP contribution >= 0.6 is 0 Å². The monoisotopic (exact) mass is 317 g/mol. The Bertz CT molecular complexity index is 654. The maximum atomic E-state index is 12.3. The number of aromatic nitrogens is 2.